The third-order valence-corrected chi connectivity index (χ3v) is 6.92. The molecule has 1 aromatic heterocycles. The van der Waals surface area contributed by atoms with E-state index in [0.29, 0.717) is 12.5 Å². The molecule has 1 unspecified atom stereocenters. The normalized spacial score (nSPS) is 23.9. The summed E-state index contributed by atoms with van der Waals surface area (Å²) in [7, 11) is 0. The van der Waals surface area contributed by atoms with E-state index in [9.17, 15) is 0 Å². The quantitative estimate of drug-likeness (QED) is 0.705. The molecule has 1 aromatic carbocycles. The predicted octanol–water partition coefficient (Wildman–Crippen LogP) is 2.80. The Morgan fingerprint density at radius 1 is 0.903 bits per heavy atom. The molecule has 31 heavy (non-hydrogen) atoms. The van der Waals surface area contributed by atoms with E-state index in [-0.39, 0.29) is 6.10 Å². The van der Waals surface area contributed by atoms with Crippen molar-refractivity contribution in [1.82, 2.24) is 19.8 Å². The van der Waals surface area contributed by atoms with Gasteiger partial charge in [0.1, 0.15) is 12.4 Å². The molecule has 0 saturated carbocycles. The standard InChI is InChI=1S/C24H35N5O2/c1-2-4-9-27(8-3-1)10-11-28-12-14-29(15-13-28)20-5-6-23-22(17-20)24(26-19-25-23)31-21-7-16-30-18-21/h5-6,17,19,21H,1-4,7-16,18H2. The summed E-state index contributed by atoms with van der Waals surface area (Å²) in [5, 5.41) is 0.996. The lowest BCUT2D eigenvalue weighted by atomic mass is 10.2. The number of rotatable bonds is 6. The van der Waals surface area contributed by atoms with Gasteiger partial charge in [0.05, 0.1) is 24.1 Å². The van der Waals surface area contributed by atoms with Crippen molar-refractivity contribution in [2.24, 2.45) is 0 Å². The van der Waals surface area contributed by atoms with Gasteiger partial charge in [-0.3, -0.25) is 4.90 Å². The number of fused-ring (bicyclic) bond motifs is 1. The molecule has 7 nitrogen and oxygen atoms in total. The van der Waals surface area contributed by atoms with Crippen molar-refractivity contribution in [2.45, 2.75) is 38.2 Å². The van der Waals surface area contributed by atoms with Crippen molar-refractivity contribution in [3.05, 3.63) is 24.5 Å². The smallest absolute Gasteiger partial charge is 0.224 e. The van der Waals surface area contributed by atoms with Crippen LogP contribution in [0.2, 0.25) is 0 Å². The minimum Gasteiger partial charge on any atom is -0.471 e. The van der Waals surface area contributed by atoms with Gasteiger partial charge in [0.15, 0.2) is 0 Å². The SMILES string of the molecule is c1nc(OC2CCOC2)c2cc(N3CCN(CCN4CCCCCC4)CC3)ccc2n1. The van der Waals surface area contributed by atoms with Gasteiger partial charge < -0.3 is 19.3 Å². The van der Waals surface area contributed by atoms with Crippen LogP contribution in [0.3, 0.4) is 0 Å². The molecule has 7 heteroatoms. The van der Waals surface area contributed by atoms with E-state index in [1.807, 2.05) is 0 Å². The zero-order chi connectivity index (χ0) is 20.9. The fraction of sp³-hybridized carbons (Fsp3) is 0.667. The van der Waals surface area contributed by atoms with Crippen LogP contribution in [0.4, 0.5) is 5.69 Å². The zero-order valence-corrected chi connectivity index (χ0v) is 18.5. The lowest BCUT2D eigenvalue weighted by Gasteiger charge is -2.37. The second-order valence-corrected chi connectivity index (χ2v) is 9.07. The molecule has 0 N–H and O–H groups in total. The van der Waals surface area contributed by atoms with Crippen LogP contribution in [0, 0.1) is 0 Å². The van der Waals surface area contributed by atoms with Crippen molar-refractivity contribution in [3.8, 4) is 5.88 Å². The van der Waals surface area contributed by atoms with Gasteiger partial charge in [-0.2, -0.15) is 0 Å². The number of anilines is 1. The van der Waals surface area contributed by atoms with Gasteiger partial charge in [0.2, 0.25) is 5.88 Å². The fourth-order valence-corrected chi connectivity index (χ4v) is 4.95. The Kier molecular flexibility index (Phi) is 6.82. The second kappa shape index (κ2) is 10.1. The van der Waals surface area contributed by atoms with Gasteiger partial charge in [0.25, 0.3) is 0 Å². The van der Waals surface area contributed by atoms with Crippen molar-refractivity contribution in [2.75, 3.05) is 70.5 Å². The maximum Gasteiger partial charge on any atom is 0.224 e. The predicted molar refractivity (Wildman–Crippen MR) is 123 cm³/mol. The molecule has 3 aliphatic heterocycles. The minimum absolute atomic E-state index is 0.0921. The molecular weight excluding hydrogens is 390 g/mol. The summed E-state index contributed by atoms with van der Waals surface area (Å²) >= 11 is 0. The summed E-state index contributed by atoms with van der Waals surface area (Å²) in [6, 6.07) is 6.48. The van der Waals surface area contributed by atoms with Crippen LogP contribution in [0.1, 0.15) is 32.1 Å². The van der Waals surface area contributed by atoms with Crippen molar-refractivity contribution >= 4 is 16.6 Å². The molecule has 0 spiro atoms. The monoisotopic (exact) mass is 425 g/mol. The Morgan fingerprint density at radius 3 is 2.42 bits per heavy atom. The largest absolute Gasteiger partial charge is 0.471 e. The Balaban J connectivity index is 1.19. The zero-order valence-electron chi connectivity index (χ0n) is 18.5. The van der Waals surface area contributed by atoms with E-state index in [0.717, 1.165) is 50.1 Å². The van der Waals surface area contributed by atoms with Crippen LogP contribution in [-0.4, -0.2) is 91.4 Å². The molecule has 0 bridgehead atoms. The Hall–Kier alpha value is -1.96. The van der Waals surface area contributed by atoms with Crippen molar-refractivity contribution < 1.29 is 9.47 Å². The van der Waals surface area contributed by atoms with E-state index >= 15 is 0 Å². The van der Waals surface area contributed by atoms with Crippen LogP contribution in [0.15, 0.2) is 24.5 Å². The molecule has 0 amide bonds. The first kappa shape index (κ1) is 20.9. The maximum atomic E-state index is 6.14. The number of aromatic nitrogens is 2. The number of likely N-dealkylation sites (tertiary alicyclic amines) is 1. The Morgan fingerprint density at radius 2 is 1.68 bits per heavy atom. The molecule has 168 valence electrons. The summed E-state index contributed by atoms with van der Waals surface area (Å²) in [4.78, 5) is 16.6. The molecular formula is C24H35N5O2. The average molecular weight is 426 g/mol. The molecule has 5 rings (SSSR count). The highest BCUT2D eigenvalue weighted by atomic mass is 16.5. The third-order valence-electron chi connectivity index (χ3n) is 6.92. The van der Waals surface area contributed by atoms with Crippen LogP contribution in [0.25, 0.3) is 10.9 Å². The topological polar surface area (TPSA) is 54.0 Å². The number of piperazine rings is 1. The minimum atomic E-state index is 0.0921. The number of hydrogen-bond donors (Lipinski definition) is 0. The molecule has 3 saturated heterocycles. The Bertz CT molecular complexity index is 841. The first-order valence-corrected chi connectivity index (χ1v) is 12.0. The molecule has 0 aliphatic carbocycles. The second-order valence-electron chi connectivity index (χ2n) is 9.07. The number of hydrogen-bond acceptors (Lipinski definition) is 7. The third kappa shape index (κ3) is 5.27. The van der Waals surface area contributed by atoms with Crippen molar-refractivity contribution in [3.63, 3.8) is 0 Å². The van der Waals surface area contributed by atoms with Gasteiger partial charge in [0, 0.05) is 51.4 Å². The molecule has 1 atom stereocenters. The average Bonchev–Trinajstić information content (AvgIpc) is 3.19. The molecule has 3 fully saturated rings. The molecule has 3 aliphatic rings. The van der Waals surface area contributed by atoms with Crippen molar-refractivity contribution in [1.29, 1.82) is 0 Å². The van der Waals surface area contributed by atoms with E-state index in [4.69, 9.17) is 9.47 Å². The highest BCUT2D eigenvalue weighted by Crippen LogP contribution is 2.28. The summed E-state index contributed by atoms with van der Waals surface area (Å²) in [6.07, 6.45) is 8.17. The van der Waals surface area contributed by atoms with Gasteiger partial charge in [-0.05, 0) is 44.1 Å². The highest BCUT2D eigenvalue weighted by molar-refractivity contribution is 5.86. The van der Waals surface area contributed by atoms with E-state index in [2.05, 4.69) is 42.9 Å². The summed E-state index contributed by atoms with van der Waals surface area (Å²) in [6.45, 7) is 10.8. The molecule has 4 heterocycles. The Labute approximate surface area is 185 Å². The van der Waals surface area contributed by atoms with Gasteiger partial charge in [-0.25, -0.2) is 9.97 Å². The van der Waals surface area contributed by atoms with Gasteiger partial charge in [-0.15, -0.1) is 0 Å². The van der Waals surface area contributed by atoms with E-state index < -0.39 is 0 Å². The maximum absolute atomic E-state index is 6.14. The first-order valence-electron chi connectivity index (χ1n) is 12.0. The fourth-order valence-electron chi connectivity index (χ4n) is 4.95. The van der Waals surface area contributed by atoms with E-state index in [1.54, 1.807) is 6.33 Å². The number of benzene rings is 1. The van der Waals surface area contributed by atoms with Crippen LogP contribution >= 0.6 is 0 Å². The molecule has 0 radical (unpaired) electrons. The lowest BCUT2D eigenvalue weighted by Crippen LogP contribution is -2.48. The number of nitrogens with zero attached hydrogens (tertiary/aromatic N) is 5. The lowest BCUT2D eigenvalue weighted by molar-refractivity contribution is 0.139. The number of ether oxygens (including phenoxy) is 2. The summed E-state index contributed by atoms with van der Waals surface area (Å²) in [5.74, 6) is 0.679. The summed E-state index contributed by atoms with van der Waals surface area (Å²) in [5.41, 5.74) is 2.17. The van der Waals surface area contributed by atoms with Crippen LogP contribution in [0.5, 0.6) is 5.88 Å². The van der Waals surface area contributed by atoms with Gasteiger partial charge in [-0.1, -0.05) is 12.8 Å². The van der Waals surface area contributed by atoms with Gasteiger partial charge >= 0.3 is 0 Å². The molecule has 2 aromatic rings. The highest BCUT2D eigenvalue weighted by Gasteiger charge is 2.21. The first-order chi connectivity index (χ1) is 15.3. The van der Waals surface area contributed by atoms with E-state index in [1.165, 1.54) is 57.5 Å². The summed E-state index contributed by atoms with van der Waals surface area (Å²) < 4.78 is 11.6. The van der Waals surface area contributed by atoms with Crippen LogP contribution < -0.4 is 9.64 Å². The van der Waals surface area contributed by atoms with Crippen LogP contribution in [-0.2, 0) is 4.74 Å².